The molecule has 4 rings (SSSR count). The molecule has 144 valence electrons. The maximum atomic E-state index is 13.2. The number of carbonyl (C=O) groups is 2. The van der Waals surface area contributed by atoms with Crippen LogP contribution >= 0.6 is 15.9 Å². The van der Waals surface area contributed by atoms with E-state index in [0.717, 1.165) is 35.1 Å². The number of amides is 2. The molecule has 1 unspecified atom stereocenters. The maximum Gasteiger partial charge on any atom is 0.252 e. The van der Waals surface area contributed by atoms with Crippen molar-refractivity contribution in [3.05, 3.63) is 64.6 Å². The summed E-state index contributed by atoms with van der Waals surface area (Å²) in [5, 5.41) is 0. The molecule has 2 aliphatic rings. The van der Waals surface area contributed by atoms with Crippen molar-refractivity contribution in [1.82, 2.24) is 9.80 Å². The minimum Gasteiger partial charge on any atom is -0.368 e. The summed E-state index contributed by atoms with van der Waals surface area (Å²) in [6, 6.07) is 16.1. The summed E-state index contributed by atoms with van der Waals surface area (Å²) in [7, 11) is 0. The van der Waals surface area contributed by atoms with E-state index >= 15 is 0 Å². The smallest absolute Gasteiger partial charge is 0.252 e. The van der Waals surface area contributed by atoms with E-state index in [1.807, 2.05) is 59.5 Å². The van der Waals surface area contributed by atoms with Crippen molar-refractivity contribution in [2.24, 2.45) is 10.7 Å². The number of nitrogens with zero attached hydrogens (tertiary/aromatic N) is 3. The minimum atomic E-state index is -0.769. The lowest BCUT2D eigenvalue weighted by Gasteiger charge is -2.27. The second-order valence-electron chi connectivity index (χ2n) is 7.06. The number of rotatable bonds is 5. The van der Waals surface area contributed by atoms with Gasteiger partial charge in [-0.25, -0.2) is 4.99 Å². The van der Waals surface area contributed by atoms with Gasteiger partial charge >= 0.3 is 0 Å². The number of primary amides is 1. The summed E-state index contributed by atoms with van der Waals surface area (Å²) >= 11 is 3.42. The fraction of sp³-hybridized carbons (Fsp3) is 0.286. The number of aliphatic imine (C=N–C) groups is 1. The number of hydrogen-bond donors (Lipinski definition) is 1. The first-order chi connectivity index (χ1) is 13.5. The Morgan fingerprint density at radius 3 is 2.57 bits per heavy atom. The minimum absolute atomic E-state index is 0.0897. The molecule has 0 spiro atoms. The Hall–Kier alpha value is -2.67. The van der Waals surface area contributed by atoms with E-state index in [2.05, 4.69) is 15.9 Å². The number of guanidine groups is 1. The highest BCUT2D eigenvalue weighted by atomic mass is 79.9. The maximum absolute atomic E-state index is 13.2. The molecule has 2 amide bonds. The number of halogens is 1. The Morgan fingerprint density at radius 2 is 1.89 bits per heavy atom. The van der Waals surface area contributed by atoms with Crippen LogP contribution in [0.4, 0.5) is 5.69 Å². The first-order valence-corrected chi connectivity index (χ1v) is 10.1. The predicted octanol–water partition coefficient (Wildman–Crippen LogP) is 2.84. The molecule has 28 heavy (non-hydrogen) atoms. The Kier molecular flexibility index (Phi) is 5.17. The molecule has 0 radical (unpaired) electrons. The Balaban J connectivity index is 1.73. The molecule has 6 nitrogen and oxygen atoms in total. The van der Waals surface area contributed by atoms with Crippen LogP contribution in [-0.2, 0) is 16.0 Å². The average molecular weight is 441 g/mol. The molecule has 0 saturated carbocycles. The summed E-state index contributed by atoms with van der Waals surface area (Å²) in [5.74, 6) is -0.0930. The fourth-order valence-electron chi connectivity index (χ4n) is 3.86. The summed E-state index contributed by atoms with van der Waals surface area (Å²) in [4.78, 5) is 33.8. The molecule has 2 aromatic rings. The first kappa shape index (κ1) is 18.7. The third-order valence-corrected chi connectivity index (χ3v) is 5.74. The summed E-state index contributed by atoms with van der Waals surface area (Å²) < 4.78 is 0.953. The van der Waals surface area contributed by atoms with Crippen molar-refractivity contribution in [1.29, 1.82) is 0 Å². The zero-order valence-electron chi connectivity index (χ0n) is 15.3. The van der Waals surface area contributed by atoms with Gasteiger partial charge in [-0.1, -0.05) is 46.3 Å². The monoisotopic (exact) mass is 440 g/mol. The lowest BCUT2D eigenvalue weighted by atomic mass is 10.0. The van der Waals surface area contributed by atoms with Crippen LogP contribution in [0.15, 0.2) is 64.1 Å². The van der Waals surface area contributed by atoms with Crippen LogP contribution in [0.1, 0.15) is 18.4 Å². The molecular weight excluding hydrogens is 420 g/mol. The van der Waals surface area contributed by atoms with Gasteiger partial charge in [0.2, 0.25) is 11.9 Å². The molecule has 0 aromatic heterocycles. The lowest BCUT2D eigenvalue weighted by molar-refractivity contribution is -0.134. The van der Waals surface area contributed by atoms with Crippen molar-refractivity contribution >= 4 is 39.4 Å². The molecule has 2 atom stereocenters. The summed E-state index contributed by atoms with van der Waals surface area (Å²) in [6.07, 6.45) is 2.07. The topological polar surface area (TPSA) is 79.0 Å². The van der Waals surface area contributed by atoms with E-state index < -0.39 is 11.9 Å². The zero-order valence-corrected chi connectivity index (χ0v) is 16.9. The van der Waals surface area contributed by atoms with Crippen molar-refractivity contribution in [3.8, 4) is 0 Å². The number of nitrogens with two attached hydrogens (primary N) is 1. The highest BCUT2D eigenvalue weighted by Crippen LogP contribution is 2.31. The molecule has 2 saturated heterocycles. The predicted molar refractivity (Wildman–Crippen MR) is 111 cm³/mol. The number of benzene rings is 2. The van der Waals surface area contributed by atoms with Crippen molar-refractivity contribution < 1.29 is 9.59 Å². The Morgan fingerprint density at radius 1 is 1.18 bits per heavy atom. The van der Waals surface area contributed by atoms with Gasteiger partial charge < -0.3 is 10.6 Å². The van der Waals surface area contributed by atoms with Gasteiger partial charge in [-0.3, -0.25) is 14.5 Å². The Bertz CT molecular complexity index is 914. The van der Waals surface area contributed by atoms with Crippen LogP contribution < -0.4 is 5.73 Å². The molecule has 0 bridgehead atoms. The molecule has 2 heterocycles. The van der Waals surface area contributed by atoms with Gasteiger partial charge in [0.25, 0.3) is 5.91 Å². The third-order valence-electron chi connectivity index (χ3n) is 5.22. The second kappa shape index (κ2) is 7.75. The van der Waals surface area contributed by atoms with Gasteiger partial charge in [0.05, 0.1) is 5.69 Å². The molecular formula is C21H21BrN4O2. The highest BCUT2D eigenvalue weighted by molar-refractivity contribution is 9.10. The molecule has 2 fully saturated rings. The van der Waals surface area contributed by atoms with Gasteiger partial charge in [-0.05, 0) is 42.7 Å². The Labute approximate surface area is 172 Å². The highest BCUT2D eigenvalue weighted by Gasteiger charge is 2.49. The number of carbonyl (C=O) groups excluding carboxylic acids is 2. The van der Waals surface area contributed by atoms with Gasteiger partial charge in [-0.15, -0.1) is 0 Å². The van der Waals surface area contributed by atoms with E-state index in [4.69, 9.17) is 10.7 Å². The standard InChI is InChI=1S/C21H21BrN4O2/c22-15-8-10-16(11-9-15)24-21-25-12-4-7-17(25)20(28)26(21)18(19(23)27)13-14-5-2-1-3-6-14/h1-3,5-6,8-11,17-18H,4,7,12-13H2,(H2,23,27)/t17?,18-/m0/s1. The van der Waals surface area contributed by atoms with Crippen LogP contribution in [0.2, 0.25) is 0 Å². The third kappa shape index (κ3) is 3.54. The van der Waals surface area contributed by atoms with Crippen LogP contribution in [0.3, 0.4) is 0 Å². The normalized spacial score (nSPS) is 21.2. The largest absolute Gasteiger partial charge is 0.368 e. The van der Waals surface area contributed by atoms with E-state index in [9.17, 15) is 9.59 Å². The second-order valence-corrected chi connectivity index (χ2v) is 7.97. The average Bonchev–Trinajstić information content (AvgIpc) is 3.26. The quantitative estimate of drug-likeness (QED) is 0.775. The molecule has 7 heteroatoms. The van der Waals surface area contributed by atoms with Crippen LogP contribution in [0, 0.1) is 0 Å². The zero-order chi connectivity index (χ0) is 19.7. The molecule has 0 aliphatic carbocycles. The van der Waals surface area contributed by atoms with Crippen LogP contribution in [0.25, 0.3) is 0 Å². The summed E-state index contributed by atoms with van der Waals surface area (Å²) in [6.45, 7) is 0.749. The van der Waals surface area contributed by atoms with E-state index in [1.54, 1.807) is 0 Å². The van der Waals surface area contributed by atoms with Crippen molar-refractivity contribution in [3.63, 3.8) is 0 Å². The number of hydrogen-bond acceptors (Lipinski definition) is 3. The van der Waals surface area contributed by atoms with E-state index in [-0.39, 0.29) is 11.9 Å². The summed E-state index contributed by atoms with van der Waals surface area (Å²) in [5.41, 5.74) is 7.42. The van der Waals surface area contributed by atoms with E-state index in [1.165, 1.54) is 4.90 Å². The molecule has 2 aliphatic heterocycles. The van der Waals surface area contributed by atoms with Crippen molar-refractivity contribution in [2.45, 2.75) is 31.3 Å². The lowest BCUT2D eigenvalue weighted by Crippen LogP contribution is -2.50. The first-order valence-electron chi connectivity index (χ1n) is 9.32. The molecule has 2 N–H and O–H groups in total. The van der Waals surface area contributed by atoms with Crippen LogP contribution in [-0.4, -0.2) is 46.2 Å². The van der Waals surface area contributed by atoms with Gasteiger partial charge in [0.1, 0.15) is 12.1 Å². The van der Waals surface area contributed by atoms with Gasteiger partial charge in [0.15, 0.2) is 0 Å². The van der Waals surface area contributed by atoms with Gasteiger partial charge in [0, 0.05) is 17.4 Å². The van der Waals surface area contributed by atoms with E-state index in [0.29, 0.717) is 12.4 Å². The SMILES string of the molecule is NC(=O)[C@H](Cc1ccccc1)N1C(=O)C2CCCN2C1=Nc1ccc(Br)cc1. The van der Waals surface area contributed by atoms with Crippen LogP contribution in [0.5, 0.6) is 0 Å². The van der Waals surface area contributed by atoms with Crippen molar-refractivity contribution in [2.75, 3.05) is 6.54 Å². The molecule has 2 aromatic carbocycles. The van der Waals surface area contributed by atoms with Gasteiger partial charge in [-0.2, -0.15) is 0 Å². The fourth-order valence-corrected chi connectivity index (χ4v) is 4.12. The number of fused-ring (bicyclic) bond motifs is 1.